The van der Waals surface area contributed by atoms with Gasteiger partial charge >= 0.3 is 0 Å². The highest BCUT2D eigenvalue weighted by atomic mass is 19.1. The van der Waals surface area contributed by atoms with Crippen LogP contribution in [0.3, 0.4) is 0 Å². The molecular weight excluding hydrogens is 439 g/mol. The van der Waals surface area contributed by atoms with E-state index in [2.05, 4.69) is 20.5 Å². The Hall–Kier alpha value is -3.66. The number of aryl methyl sites for hydroxylation is 1. The zero-order valence-corrected chi connectivity index (χ0v) is 19.0. The van der Waals surface area contributed by atoms with Crippen molar-refractivity contribution in [1.82, 2.24) is 24.6 Å². The molecule has 0 saturated carbocycles. The Morgan fingerprint density at radius 2 is 1.94 bits per heavy atom. The molecule has 2 amide bonds. The van der Waals surface area contributed by atoms with Gasteiger partial charge < -0.3 is 19.9 Å². The summed E-state index contributed by atoms with van der Waals surface area (Å²) in [4.78, 5) is 31.4. The predicted molar refractivity (Wildman–Crippen MR) is 121 cm³/mol. The highest BCUT2D eigenvalue weighted by molar-refractivity contribution is 6.04. The summed E-state index contributed by atoms with van der Waals surface area (Å²) in [5.74, 6) is 0.148. The monoisotopic (exact) mass is 464 g/mol. The number of nitrogens with one attached hydrogen (secondary N) is 1. The van der Waals surface area contributed by atoms with Crippen molar-refractivity contribution in [3.63, 3.8) is 0 Å². The van der Waals surface area contributed by atoms with Crippen LogP contribution in [0.5, 0.6) is 0 Å². The van der Waals surface area contributed by atoms with E-state index in [-0.39, 0.29) is 17.9 Å². The van der Waals surface area contributed by atoms with Gasteiger partial charge in [-0.1, -0.05) is 6.07 Å². The van der Waals surface area contributed by atoms with Crippen LogP contribution in [0.15, 0.2) is 30.3 Å². The minimum Gasteiger partial charge on any atom is -0.381 e. The third kappa shape index (κ3) is 4.05. The van der Waals surface area contributed by atoms with Gasteiger partial charge in [0.2, 0.25) is 0 Å². The van der Waals surface area contributed by atoms with Crippen molar-refractivity contribution < 1.29 is 19.1 Å². The largest absolute Gasteiger partial charge is 0.381 e. The highest BCUT2D eigenvalue weighted by Crippen LogP contribution is 2.26. The Balaban J connectivity index is 1.37. The number of halogens is 1. The smallest absolute Gasteiger partial charge is 0.259 e. The van der Waals surface area contributed by atoms with E-state index in [0.717, 1.165) is 30.8 Å². The summed E-state index contributed by atoms with van der Waals surface area (Å²) in [7, 11) is 0. The zero-order chi connectivity index (χ0) is 24.0. The molecule has 0 unspecified atom stereocenters. The summed E-state index contributed by atoms with van der Waals surface area (Å²) in [5, 5.41) is 21.1. The predicted octanol–water partition coefficient (Wildman–Crippen LogP) is 2.33. The summed E-state index contributed by atoms with van der Waals surface area (Å²) < 4.78 is 16.8. The number of rotatable bonds is 4. The lowest BCUT2D eigenvalue weighted by Crippen LogP contribution is -2.47. The maximum absolute atomic E-state index is 14.8. The molecule has 9 nitrogen and oxygen atoms in total. The van der Waals surface area contributed by atoms with E-state index in [0.29, 0.717) is 30.0 Å². The minimum absolute atomic E-state index is 0.133. The molecule has 176 valence electrons. The quantitative estimate of drug-likeness (QED) is 0.613. The second kappa shape index (κ2) is 8.28. The maximum Gasteiger partial charge on any atom is 0.259 e. The molecule has 0 spiro atoms. The average molecular weight is 465 g/mol. The standard InChI is InChI=1S/C24H25FN6O3/c1-24(2,34)23(33)30-10-8-14-12-17(25)16(11-15(14)13-30)22(32)27-19-6-3-5-18(26-19)21-29-28-20-7-4-9-31(20)21/h3,5-6,11-12,34H,4,7-10,13H2,1-2H3,(H,26,27,32). The molecule has 2 aromatic heterocycles. The molecule has 2 aliphatic heterocycles. The normalized spacial score (nSPS) is 15.1. The van der Waals surface area contributed by atoms with Gasteiger partial charge in [0.05, 0.1) is 5.56 Å². The van der Waals surface area contributed by atoms with Crippen LogP contribution in [0.1, 0.15) is 47.6 Å². The number of hydrogen-bond donors (Lipinski definition) is 2. The Morgan fingerprint density at radius 3 is 2.74 bits per heavy atom. The van der Waals surface area contributed by atoms with Crippen molar-refractivity contribution >= 4 is 17.6 Å². The van der Waals surface area contributed by atoms with Crippen molar-refractivity contribution in [2.45, 2.75) is 51.8 Å². The summed E-state index contributed by atoms with van der Waals surface area (Å²) in [6, 6.07) is 7.98. The van der Waals surface area contributed by atoms with E-state index in [1.165, 1.54) is 30.9 Å². The Bertz CT molecular complexity index is 1300. The summed E-state index contributed by atoms with van der Waals surface area (Å²) in [6.07, 6.45) is 2.33. The van der Waals surface area contributed by atoms with E-state index in [1.807, 2.05) is 4.57 Å². The molecule has 1 aromatic carbocycles. The van der Waals surface area contributed by atoms with Gasteiger partial charge in [-0.05, 0) is 62.1 Å². The van der Waals surface area contributed by atoms with E-state index in [9.17, 15) is 19.1 Å². The fourth-order valence-electron chi connectivity index (χ4n) is 4.47. The first-order valence-electron chi connectivity index (χ1n) is 11.2. The number of pyridine rings is 1. The molecule has 3 aromatic rings. The first-order valence-corrected chi connectivity index (χ1v) is 11.2. The number of anilines is 1. The number of hydrogen-bond acceptors (Lipinski definition) is 6. The first kappa shape index (κ1) is 22.1. The number of carbonyl (C=O) groups is 2. The molecule has 2 N–H and O–H groups in total. The van der Waals surface area contributed by atoms with Crippen LogP contribution in [0, 0.1) is 5.82 Å². The van der Waals surface area contributed by atoms with Gasteiger partial charge in [-0.2, -0.15) is 0 Å². The topological polar surface area (TPSA) is 113 Å². The van der Waals surface area contributed by atoms with Crippen LogP contribution in [0.2, 0.25) is 0 Å². The van der Waals surface area contributed by atoms with Gasteiger partial charge in [-0.15, -0.1) is 10.2 Å². The van der Waals surface area contributed by atoms with Gasteiger partial charge in [-0.25, -0.2) is 9.37 Å². The number of aliphatic hydroxyl groups is 1. The van der Waals surface area contributed by atoms with Crippen molar-refractivity contribution in [3.8, 4) is 11.5 Å². The molecule has 0 saturated heterocycles. The molecular formula is C24H25FN6O3. The second-order valence-corrected chi connectivity index (χ2v) is 9.19. The van der Waals surface area contributed by atoms with E-state index in [4.69, 9.17) is 0 Å². The molecule has 0 aliphatic carbocycles. The van der Waals surface area contributed by atoms with Gasteiger partial charge in [0.1, 0.15) is 28.8 Å². The van der Waals surface area contributed by atoms with Crippen LogP contribution in [0.25, 0.3) is 11.5 Å². The molecule has 4 heterocycles. The van der Waals surface area contributed by atoms with Gasteiger partial charge in [0.15, 0.2) is 5.82 Å². The van der Waals surface area contributed by atoms with Crippen LogP contribution in [-0.4, -0.2) is 53.7 Å². The molecule has 10 heteroatoms. The third-order valence-corrected chi connectivity index (χ3v) is 6.19. The van der Waals surface area contributed by atoms with Crippen molar-refractivity contribution in [2.24, 2.45) is 0 Å². The summed E-state index contributed by atoms with van der Waals surface area (Å²) in [5.41, 5.74) is 0.363. The molecule has 0 radical (unpaired) electrons. The minimum atomic E-state index is -1.50. The van der Waals surface area contributed by atoms with Gasteiger partial charge in [0.25, 0.3) is 11.8 Å². The lowest BCUT2D eigenvalue weighted by atomic mass is 9.95. The number of nitrogens with zero attached hydrogens (tertiary/aromatic N) is 5. The fourth-order valence-corrected chi connectivity index (χ4v) is 4.47. The van der Waals surface area contributed by atoms with Crippen LogP contribution in [-0.2, 0) is 30.7 Å². The maximum atomic E-state index is 14.8. The highest BCUT2D eigenvalue weighted by Gasteiger charge is 2.32. The molecule has 0 bridgehead atoms. The Kier molecular flexibility index (Phi) is 5.40. The third-order valence-electron chi connectivity index (χ3n) is 6.19. The van der Waals surface area contributed by atoms with E-state index < -0.39 is 23.2 Å². The van der Waals surface area contributed by atoms with Crippen molar-refractivity contribution in [1.29, 1.82) is 0 Å². The van der Waals surface area contributed by atoms with Crippen LogP contribution in [0.4, 0.5) is 10.2 Å². The molecule has 0 fully saturated rings. The average Bonchev–Trinajstić information content (AvgIpc) is 3.41. The lowest BCUT2D eigenvalue weighted by Gasteiger charge is -2.33. The van der Waals surface area contributed by atoms with Crippen molar-refractivity contribution in [3.05, 3.63) is 58.7 Å². The van der Waals surface area contributed by atoms with Gasteiger partial charge in [-0.3, -0.25) is 9.59 Å². The van der Waals surface area contributed by atoms with E-state index in [1.54, 1.807) is 18.2 Å². The number of fused-ring (bicyclic) bond motifs is 2. The molecule has 5 rings (SSSR count). The lowest BCUT2D eigenvalue weighted by molar-refractivity contribution is -0.148. The Labute approximate surface area is 195 Å². The van der Waals surface area contributed by atoms with Gasteiger partial charge in [0, 0.05) is 26.1 Å². The second-order valence-electron chi connectivity index (χ2n) is 9.19. The zero-order valence-electron chi connectivity index (χ0n) is 19.0. The first-order chi connectivity index (χ1) is 16.2. The van der Waals surface area contributed by atoms with Crippen LogP contribution < -0.4 is 5.32 Å². The number of aromatic nitrogens is 4. The van der Waals surface area contributed by atoms with Crippen LogP contribution >= 0.6 is 0 Å². The van der Waals surface area contributed by atoms with E-state index >= 15 is 0 Å². The Morgan fingerprint density at radius 1 is 1.12 bits per heavy atom. The number of benzene rings is 1. The fraction of sp³-hybridized carbons (Fsp3) is 0.375. The number of carbonyl (C=O) groups excluding carboxylic acids is 2. The SMILES string of the molecule is CC(C)(O)C(=O)N1CCc2cc(F)c(C(=O)Nc3cccc(-c4nnc5n4CCC5)n3)cc2C1. The summed E-state index contributed by atoms with van der Waals surface area (Å²) >= 11 is 0. The van der Waals surface area contributed by atoms with Crippen molar-refractivity contribution in [2.75, 3.05) is 11.9 Å². The summed E-state index contributed by atoms with van der Waals surface area (Å²) in [6.45, 7) is 4.27. The molecule has 0 atom stereocenters. The number of amides is 2. The molecule has 34 heavy (non-hydrogen) atoms. The molecule has 2 aliphatic rings.